The van der Waals surface area contributed by atoms with E-state index < -0.39 is 0 Å². The van der Waals surface area contributed by atoms with Crippen molar-refractivity contribution < 1.29 is 0 Å². The number of nitrogens with zero attached hydrogens (tertiary/aromatic N) is 1. The van der Waals surface area contributed by atoms with Crippen molar-refractivity contribution in [2.75, 3.05) is 25.4 Å². The molecule has 0 saturated carbocycles. The standard InChI is InChI=1S/C14H30N2S/c1-12(6-5-7-13(2)15)10-16-8-9-17-14(3,4)11-16/h12-13H,5-11,15H2,1-4H3. The lowest BCUT2D eigenvalue weighted by atomic mass is 10.0. The molecule has 1 rings (SSSR count). The molecule has 0 radical (unpaired) electrons. The lowest BCUT2D eigenvalue weighted by Gasteiger charge is -2.38. The van der Waals surface area contributed by atoms with Gasteiger partial charge in [-0.2, -0.15) is 11.8 Å². The van der Waals surface area contributed by atoms with Gasteiger partial charge in [0.15, 0.2) is 0 Å². The minimum atomic E-state index is 0.368. The molecule has 2 atom stereocenters. The van der Waals surface area contributed by atoms with Crippen molar-refractivity contribution in [2.45, 2.75) is 57.7 Å². The molecule has 2 nitrogen and oxygen atoms in total. The summed E-state index contributed by atoms with van der Waals surface area (Å²) >= 11 is 2.11. The summed E-state index contributed by atoms with van der Waals surface area (Å²) in [6, 6.07) is 0.368. The molecule has 1 aliphatic rings. The fraction of sp³-hybridized carbons (Fsp3) is 1.00. The van der Waals surface area contributed by atoms with Crippen molar-refractivity contribution in [3.8, 4) is 0 Å². The van der Waals surface area contributed by atoms with Crippen LogP contribution in [0.15, 0.2) is 0 Å². The quantitative estimate of drug-likeness (QED) is 0.794. The molecular weight excluding hydrogens is 228 g/mol. The first-order chi connectivity index (χ1) is 7.89. The molecule has 0 bridgehead atoms. The van der Waals surface area contributed by atoms with E-state index >= 15 is 0 Å². The highest BCUT2D eigenvalue weighted by atomic mass is 32.2. The maximum Gasteiger partial charge on any atom is 0.0231 e. The van der Waals surface area contributed by atoms with Gasteiger partial charge in [-0.3, -0.25) is 0 Å². The normalized spacial score (nSPS) is 24.5. The second-order valence-corrected chi connectivity index (χ2v) is 8.16. The van der Waals surface area contributed by atoms with E-state index in [-0.39, 0.29) is 0 Å². The minimum Gasteiger partial charge on any atom is -0.328 e. The lowest BCUT2D eigenvalue weighted by Crippen LogP contribution is -2.44. The Labute approximate surface area is 112 Å². The van der Waals surface area contributed by atoms with Crippen LogP contribution in [0.25, 0.3) is 0 Å². The van der Waals surface area contributed by atoms with Gasteiger partial charge < -0.3 is 10.6 Å². The minimum absolute atomic E-state index is 0.368. The molecule has 1 fully saturated rings. The van der Waals surface area contributed by atoms with E-state index in [4.69, 9.17) is 5.73 Å². The predicted octanol–water partition coefficient (Wildman–Crippen LogP) is 2.97. The summed E-state index contributed by atoms with van der Waals surface area (Å²) in [6.07, 6.45) is 3.78. The number of hydrogen-bond donors (Lipinski definition) is 1. The molecule has 0 spiro atoms. The van der Waals surface area contributed by atoms with E-state index in [0.717, 1.165) is 5.92 Å². The van der Waals surface area contributed by atoms with Crippen LogP contribution in [0.4, 0.5) is 0 Å². The average Bonchev–Trinajstić information content (AvgIpc) is 2.14. The molecule has 17 heavy (non-hydrogen) atoms. The molecule has 3 heteroatoms. The topological polar surface area (TPSA) is 29.3 Å². The van der Waals surface area contributed by atoms with Gasteiger partial charge in [0.2, 0.25) is 0 Å². The molecule has 0 aromatic heterocycles. The van der Waals surface area contributed by atoms with Gasteiger partial charge in [-0.1, -0.05) is 13.3 Å². The molecule has 0 aliphatic carbocycles. The Morgan fingerprint density at radius 1 is 1.29 bits per heavy atom. The predicted molar refractivity (Wildman–Crippen MR) is 79.6 cm³/mol. The zero-order valence-corrected chi connectivity index (χ0v) is 12.9. The van der Waals surface area contributed by atoms with Gasteiger partial charge in [0, 0.05) is 36.2 Å². The molecule has 1 saturated heterocycles. The van der Waals surface area contributed by atoms with Crippen LogP contribution in [-0.2, 0) is 0 Å². The third kappa shape index (κ3) is 6.68. The van der Waals surface area contributed by atoms with E-state index in [1.165, 1.54) is 44.6 Å². The monoisotopic (exact) mass is 258 g/mol. The van der Waals surface area contributed by atoms with Crippen LogP contribution in [0.1, 0.15) is 47.0 Å². The van der Waals surface area contributed by atoms with E-state index in [9.17, 15) is 0 Å². The third-order valence-corrected chi connectivity index (χ3v) is 4.73. The van der Waals surface area contributed by atoms with Crippen LogP contribution in [0.2, 0.25) is 0 Å². The summed E-state index contributed by atoms with van der Waals surface area (Å²) in [6.45, 7) is 13.0. The Kier molecular flexibility index (Phi) is 6.32. The van der Waals surface area contributed by atoms with Gasteiger partial charge in [-0.05, 0) is 39.5 Å². The van der Waals surface area contributed by atoms with Crippen LogP contribution in [0.3, 0.4) is 0 Å². The summed E-state index contributed by atoms with van der Waals surface area (Å²) < 4.78 is 0.448. The van der Waals surface area contributed by atoms with Crippen LogP contribution >= 0.6 is 11.8 Å². The van der Waals surface area contributed by atoms with E-state index in [2.05, 4.69) is 44.4 Å². The van der Waals surface area contributed by atoms with Gasteiger partial charge in [0.05, 0.1) is 0 Å². The lowest BCUT2D eigenvalue weighted by molar-refractivity contribution is 0.220. The Balaban J connectivity index is 2.19. The SMILES string of the molecule is CC(N)CCCC(C)CN1CCSC(C)(C)C1. The molecule has 102 valence electrons. The fourth-order valence-electron chi connectivity index (χ4n) is 2.59. The number of hydrogen-bond acceptors (Lipinski definition) is 3. The molecule has 0 aromatic carbocycles. The highest BCUT2D eigenvalue weighted by molar-refractivity contribution is 8.00. The summed E-state index contributed by atoms with van der Waals surface area (Å²) in [4.78, 5) is 2.65. The van der Waals surface area contributed by atoms with Crippen molar-refractivity contribution in [3.05, 3.63) is 0 Å². The molecule has 2 unspecified atom stereocenters. The summed E-state index contributed by atoms with van der Waals surface area (Å²) in [7, 11) is 0. The van der Waals surface area contributed by atoms with Crippen molar-refractivity contribution >= 4 is 11.8 Å². The van der Waals surface area contributed by atoms with E-state index in [0.29, 0.717) is 10.8 Å². The number of thioether (sulfide) groups is 1. The summed E-state index contributed by atoms with van der Waals surface area (Å²) in [5.41, 5.74) is 5.79. The van der Waals surface area contributed by atoms with E-state index in [1.54, 1.807) is 0 Å². The first-order valence-electron chi connectivity index (χ1n) is 7.01. The highest BCUT2D eigenvalue weighted by Crippen LogP contribution is 2.30. The Bertz CT molecular complexity index is 216. The first kappa shape index (κ1) is 15.3. The average molecular weight is 258 g/mol. The molecular formula is C14H30N2S. The largest absolute Gasteiger partial charge is 0.328 e. The van der Waals surface area contributed by atoms with Crippen LogP contribution in [-0.4, -0.2) is 41.1 Å². The van der Waals surface area contributed by atoms with Crippen molar-refractivity contribution in [1.82, 2.24) is 4.90 Å². The molecule has 2 N–H and O–H groups in total. The molecule has 0 aromatic rings. The number of rotatable bonds is 6. The first-order valence-corrected chi connectivity index (χ1v) is 7.99. The fourth-order valence-corrected chi connectivity index (χ4v) is 3.77. The van der Waals surface area contributed by atoms with Crippen LogP contribution in [0, 0.1) is 5.92 Å². The van der Waals surface area contributed by atoms with Gasteiger partial charge in [0.1, 0.15) is 0 Å². The smallest absolute Gasteiger partial charge is 0.0231 e. The molecule has 1 heterocycles. The zero-order valence-electron chi connectivity index (χ0n) is 12.0. The van der Waals surface area contributed by atoms with Gasteiger partial charge in [0.25, 0.3) is 0 Å². The van der Waals surface area contributed by atoms with E-state index in [1.807, 2.05) is 0 Å². The van der Waals surface area contributed by atoms with Crippen molar-refractivity contribution in [3.63, 3.8) is 0 Å². The highest BCUT2D eigenvalue weighted by Gasteiger charge is 2.27. The number of nitrogens with two attached hydrogens (primary N) is 1. The Morgan fingerprint density at radius 2 is 2.00 bits per heavy atom. The maximum absolute atomic E-state index is 5.79. The van der Waals surface area contributed by atoms with Crippen LogP contribution in [0.5, 0.6) is 0 Å². The van der Waals surface area contributed by atoms with Gasteiger partial charge >= 0.3 is 0 Å². The molecule has 1 aliphatic heterocycles. The summed E-state index contributed by atoms with van der Waals surface area (Å²) in [5.74, 6) is 2.10. The van der Waals surface area contributed by atoms with Crippen molar-refractivity contribution in [2.24, 2.45) is 11.7 Å². The second-order valence-electron chi connectivity index (χ2n) is 6.36. The zero-order chi connectivity index (χ0) is 12.9. The van der Waals surface area contributed by atoms with Gasteiger partial charge in [-0.15, -0.1) is 0 Å². The Hall–Kier alpha value is 0.270. The maximum atomic E-state index is 5.79. The second kappa shape index (κ2) is 7.01. The summed E-state index contributed by atoms with van der Waals surface area (Å²) in [5, 5.41) is 0. The van der Waals surface area contributed by atoms with Gasteiger partial charge in [-0.25, -0.2) is 0 Å². The Morgan fingerprint density at radius 3 is 2.59 bits per heavy atom. The molecule has 0 amide bonds. The van der Waals surface area contributed by atoms with Crippen molar-refractivity contribution in [1.29, 1.82) is 0 Å². The third-order valence-electron chi connectivity index (χ3n) is 3.43. The van der Waals surface area contributed by atoms with Crippen LogP contribution < -0.4 is 5.73 Å².